The highest BCUT2D eigenvalue weighted by molar-refractivity contribution is 9.10. The van der Waals surface area contributed by atoms with Crippen molar-refractivity contribution in [3.8, 4) is 0 Å². The van der Waals surface area contributed by atoms with E-state index in [1.807, 2.05) is 12.1 Å². The third-order valence-electron chi connectivity index (χ3n) is 3.40. The molecule has 0 amide bonds. The van der Waals surface area contributed by atoms with Crippen LogP contribution in [0.4, 0.5) is 4.39 Å². The first kappa shape index (κ1) is 13.8. The number of nitrogens with one attached hydrogen (secondary N) is 1. The fraction of sp³-hybridized carbons (Fsp3) is 0.467. The second-order valence-electron chi connectivity index (χ2n) is 4.66. The lowest BCUT2D eigenvalue weighted by Crippen LogP contribution is -2.24. The van der Waals surface area contributed by atoms with E-state index in [0.29, 0.717) is 4.47 Å². The molecule has 0 aromatic heterocycles. The molecule has 1 nitrogen and oxygen atoms in total. The van der Waals surface area contributed by atoms with E-state index in [0.717, 1.165) is 24.9 Å². The maximum atomic E-state index is 14.2. The van der Waals surface area contributed by atoms with E-state index in [1.54, 1.807) is 6.07 Å². The number of likely N-dealkylation sites (N-methyl/N-ethyl adjacent to an activating group) is 1. The van der Waals surface area contributed by atoms with Crippen LogP contribution in [0, 0.1) is 5.82 Å². The number of allylic oxidation sites excluding steroid dienone is 1. The van der Waals surface area contributed by atoms with Crippen molar-refractivity contribution in [1.29, 1.82) is 0 Å². The summed E-state index contributed by atoms with van der Waals surface area (Å²) in [5.74, 6) is -0.144. The average molecular weight is 312 g/mol. The molecule has 98 valence electrons. The summed E-state index contributed by atoms with van der Waals surface area (Å²) in [6.07, 6.45) is 6.93. The van der Waals surface area contributed by atoms with Gasteiger partial charge in [-0.05, 0) is 54.2 Å². The molecular weight excluding hydrogens is 293 g/mol. The first-order valence-electron chi connectivity index (χ1n) is 6.60. The molecule has 2 rings (SSSR count). The van der Waals surface area contributed by atoms with E-state index in [1.165, 1.54) is 18.4 Å². The molecule has 0 fully saturated rings. The Morgan fingerprint density at radius 2 is 2.22 bits per heavy atom. The first-order valence-corrected chi connectivity index (χ1v) is 7.39. The Morgan fingerprint density at radius 1 is 1.39 bits per heavy atom. The Kier molecular flexibility index (Phi) is 4.95. The van der Waals surface area contributed by atoms with Crippen LogP contribution in [0.5, 0.6) is 0 Å². The SMILES string of the molecule is CCNC(C1=CCCCC1)c1cccc(Br)c1F. The summed E-state index contributed by atoms with van der Waals surface area (Å²) in [6.45, 7) is 2.90. The van der Waals surface area contributed by atoms with Crippen LogP contribution in [0.25, 0.3) is 0 Å². The van der Waals surface area contributed by atoms with Crippen molar-refractivity contribution in [1.82, 2.24) is 5.32 Å². The normalized spacial score (nSPS) is 17.4. The van der Waals surface area contributed by atoms with E-state index >= 15 is 0 Å². The van der Waals surface area contributed by atoms with Crippen molar-refractivity contribution in [2.24, 2.45) is 0 Å². The molecule has 1 aromatic carbocycles. The van der Waals surface area contributed by atoms with Gasteiger partial charge in [0.1, 0.15) is 5.82 Å². The molecular formula is C15H19BrFN. The van der Waals surface area contributed by atoms with Gasteiger partial charge < -0.3 is 5.32 Å². The number of benzene rings is 1. The summed E-state index contributed by atoms with van der Waals surface area (Å²) >= 11 is 3.27. The number of hydrogen-bond acceptors (Lipinski definition) is 1. The standard InChI is InChI=1S/C15H19BrFN/c1-2-18-15(11-7-4-3-5-8-11)12-9-6-10-13(16)14(12)17/h6-7,9-10,15,18H,2-5,8H2,1H3. The molecule has 0 spiro atoms. The van der Waals surface area contributed by atoms with E-state index in [4.69, 9.17) is 0 Å². The van der Waals surface area contributed by atoms with Crippen molar-refractivity contribution in [2.45, 2.75) is 38.6 Å². The van der Waals surface area contributed by atoms with Crippen LogP contribution in [0.3, 0.4) is 0 Å². The molecule has 18 heavy (non-hydrogen) atoms. The predicted octanol–water partition coefficient (Wildman–Crippen LogP) is 4.74. The fourth-order valence-corrected chi connectivity index (χ4v) is 2.90. The zero-order chi connectivity index (χ0) is 13.0. The van der Waals surface area contributed by atoms with Crippen LogP contribution in [-0.4, -0.2) is 6.54 Å². The summed E-state index contributed by atoms with van der Waals surface area (Å²) < 4.78 is 14.8. The highest BCUT2D eigenvalue weighted by atomic mass is 79.9. The van der Waals surface area contributed by atoms with E-state index < -0.39 is 0 Å². The Bertz CT molecular complexity index is 442. The van der Waals surface area contributed by atoms with Gasteiger partial charge in [0.25, 0.3) is 0 Å². The fourth-order valence-electron chi connectivity index (χ4n) is 2.51. The summed E-state index contributed by atoms with van der Waals surface area (Å²) in [4.78, 5) is 0. The maximum Gasteiger partial charge on any atom is 0.142 e. The van der Waals surface area contributed by atoms with Gasteiger partial charge in [0.05, 0.1) is 10.5 Å². The molecule has 1 aliphatic carbocycles. The smallest absolute Gasteiger partial charge is 0.142 e. The maximum absolute atomic E-state index is 14.2. The topological polar surface area (TPSA) is 12.0 Å². The average Bonchev–Trinajstić information content (AvgIpc) is 2.41. The third-order valence-corrected chi connectivity index (χ3v) is 4.01. The second-order valence-corrected chi connectivity index (χ2v) is 5.51. The second kappa shape index (κ2) is 6.48. The Hall–Kier alpha value is -0.670. The molecule has 1 aromatic rings. The molecule has 0 radical (unpaired) electrons. The van der Waals surface area contributed by atoms with Crippen LogP contribution in [0.2, 0.25) is 0 Å². The van der Waals surface area contributed by atoms with Crippen molar-refractivity contribution in [3.63, 3.8) is 0 Å². The van der Waals surface area contributed by atoms with Crippen LogP contribution in [-0.2, 0) is 0 Å². The van der Waals surface area contributed by atoms with E-state index in [2.05, 4.69) is 34.2 Å². The van der Waals surface area contributed by atoms with Gasteiger partial charge >= 0.3 is 0 Å². The van der Waals surface area contributed by atoms with Gasteiger partial charge in [-0.25, -0.2) is 4.39 Å². The molecule has 0 saturated heterocycles. The van der Waals surface area contributed by atoms with Gasteiger partial charge in [0.15, 0.2) is 0 Å². The number of hydrogen-bond donors (Lipinski definition) is 1. The van der Waals surface area contributed by atoms with Gasteiger partial charge in [0, 0.05) is 5.56 Å². The molecule has 1 unspecified atom stereocenters. The Balaban J connectivity index is 2.34. The zero-order valence-electron chi connectivity index (χ0n) is 10.7. The number of halogens is 2. The van der Waals surface area contributed by atoms with Crippen molar-refractivity contribution < 1.29 is 4.39 Å². The lowest BCUT2D eigenvalue weighted by Gasteiger charge is -2.25. The summed E-state index contributed by atoms with van der Waals surface area (Å²) in [5.41, 5.74) is 2.08. The van der Waals surface area contributed by atoms with Gasteiger partial charge in [-0.2, -0.15) is 0 Å². The minimum Gasteiger partial charge on any atom is -0.307 e. The Morgan fingerprint density at radius 3 is 2.89 bits per heavy atom. The van der Waals surface area contributed by atoms with Crippen LogP contribution in [0.15, 0.2) is 34.3 Å². The third kappa shape index (κ3) is 3.01. The van der Waals surface area contributed by atoms with Gasteiger partial charge in [-0.3, -0.25) is 0 Å². The lowest BCUT2D eigenvalue weighted by molar-refractivity contribution is 0.525. The largest absolute Gasteiger partial charge is 0.307 e. The van der Waals surface area contributed by atoms with E-state index in [-0.39, 0.29) is 11.9 Å². The highest BCUT2D eigenvalue weighted by Crippen LogP contribution is 2.33. The van der Waals surface area contributed by atoms with Crippen LogP contribution < -0.4 is 5.32 Å². The molecule has 1 aliphatic rings. The molecule has 1 N–H and O–H groups in total. The minimum atomic E-state index is -0.144. The van der Waals surface area contributed by atoms with Crippen LogP contribution in [0.1, 0.15) is 44.2 Å². The van der Waals surface area contributed by atoms with E-state index in [9.17, 15) is 4.39 Å². The summed E-state index contributed by atoms with van der Waals surface area (Å²) in [7, 11) is 0. The molecule has 0 bridgehead atoms. The van der Waals surface area contributed by atoms with Gasteiger partial charge in [-0.1, -0.05) is 30.7 Å². The van der Waals surface area contributed by atoms with Crippen molar-refractivity contribution >= 4 is 15.9 Å². The van der Waals surface area contributed by atoms with Gasteiger partial charge in [0.2, 0.25) is 0 Å². The number of rotatable bonds is 4. The molecule has 3 heteroatoms. The quantitative estimate of drug-likeness (QED) is 0.792. The van der Waals surface area contributed by atoms with Crippen molar-refractivity contribution in [3.05, 3.63) is 45.7 Å². The van der Waals surface area contributed by atoms with Gasteiger partial charge in [-0.15, -0.1) is 0 Å². The first-order chi connectivity index (χ1) is 8.74. The lowest BCUT2D eigenvalue weighted by atomic mass is 9.89. The molecule has 0 aliphatic heterocycles. The summed E-state index contributed by atoms with van der Waals surface area (Å²) in [5, 5.41) is 3.41. The van der Waals surface area contributed by atoms with Crippen LogP contribution >= 0.6 is 15.9 Å². The van der Waals surface area contributed by atoms with Crippen molar-refractivity contribution in [2.75, 3.05) is 6.54 Å². The zero-order valence-corrected chi connectivity index (χ0v) is 12.3. The monoisotopic (exact) mass is 311 g/mol. The predicted molar refractivity (Wildman–Crippen MR) is 77.1 cm³/mol. The highest BCUT2D eigenvalue weighted by Gasteiger charge is 2.21. The molecule has 0 saturated carbocycles. The molecule has 0 heterocycles. The minimum absolute atomic E-state index is 0.0211. The molecule has 1 atom stereocenters. The Labute approximate surface area is 117 Å². The summed E-state index contributed by atoms with van der Waals surface area (Å²) in [6, 6.07) is 5.55.